The molecule has 0 amide bonds. The highest BCUT2D eigenvalue weighted by Crippen LogP contribution is 2.38. The van der Waals surface area contributed by atoms with Crippen molar-refractivity contribution in [2.45, 2.75) is 51.2 Å². The average Bonchev–Trinajstić information content (AvgIpc) is 2.62. The summed E-state index contributed by atoms with van der Waals surface area (Å²) in [7, 11) is -0.867. The van der Waals surface area contributed by atoms with E-state index in [1.54, 1.807) is 27.7 Å². The van der Waals surface area contributed by atoms with E-state index in [1.165, 1.54) is 5.98 Å². The van der Waals surface area contributed by atoms with Gasteiger partial charge < -0.3 is 9.31 Å². The molecule has 0 spiro atoms. The maximum atomic E-state index is 12.8. The second kappa shape index (κ2) is 6.05. The standard InChI is InChI=1S/C16H17BF6O2/c1-13(2)14(3,4)25-17(24-13)6-5-10-7-11(15(18,19)20)9-12(8-10)16(21,22)23/h5-9H,1-4H3. The van der Waals surface area contributed by atoms with Gasteiger partial charge in [0.2, 0.25) is 0 Å². The van der Waals surface area contributed by atoms with Crippen LogP contribution >= 0.6 is 0 Å². The molecule has 0 aliphatic carbocycles. The number of halogens is 6. The Hall–Kier alpha value is -1.48. The maximum absolute atomic E-state index is 12.8. The quantitative estimate of drug-likeness (QED) is 0.518. The monoisotopic (exact) mass is 366 g/mol. The van der Waals surface area contributed by atoms with Crippen molar-refractivity contribution in [1.29, 1.82) is 0 Å². The van der Waals surface area contributed by atoms with E-state index in [2.05, 4.69) is 0 Å². The van der Waals surface area contributed by atoms with Gasteiger partial charge in [0.1, 0.15) is 0 Å². The zero-order chi connectivity index (χ0) is 19.3. The van der Waals surface area contributed by atoms with E-state index in [9.17, 15) is 26.3 Å². The van der Waals surface area contributed by atoms with Crippen molar-refractivity contribution in [2.24, 2.45) is 0 Å². The van der Waals surface area contributed by atoms with Crippen molar-refractivity contribution in [1.82, 2.24) is 0 Å². The molecule has 0 N–H and O–H groups in total. The number of hydrogen-bond donors (Lipinski definition) is 0. The molecule has 0 bridgehead atoms. The molecule has 0 saturated carbocycles. The predicted octanol–water partition coefficient (Wildman–Crippen LogP) is 5.37. The molecule has 0 atom stereocenters. The minimum atomic E-state index is -4.88. The zero-order valence-electron chi connectivity index (χ0n) is 14.0. The van der Waals surface area contributed by atoms with Crippen molar-refractivity contribution in [3.63, 3.8) is 0 Å². The first-order valence-electron chi connectivity index (χ1n) is 7.45. The highest BCUT2D eigenvalue weighted by atomic mass is 19.4. The lowest BCUT2D eigenvalue weighted by atomic mass is 9.88. The Morgan fingerprint density at radius 2 is 1.20 bits per heavy atom. The van der Waals surface area contributed by atoms with Gasteiger partial charge in [-0.15, -0.1) is 0 Å². The van der Waals surface area contributed by atoms with Gasteiger partial charge in [0.15, 0.2) is 0 Å². The molecule has 1 aliphatic heterocycles. The number of rotatable bonds is 2. The van der Waals surface area contributed by atoms with Gasteiger partial charge in [0.05, 0.1) is 22.3 Å². The summed E-state index contributed by atoms with van der Waals surface area (Å²) in [5.74, 6) is 1.30. The van der Waals surface area contributed by atoms with E-state index in [0.29, 0.717) is 12.1 Å². The van der Waals surface area contributed by atoms with Gasteiger partial charge in [0.25, 0.3) is 0 Å². The summed E-state index contributed by atoms with van der Waals surface area (Å²) in [5.41, 5.74) is -4.29. The maximum Gasteiger partial charge on any atom is 0.487 e. The molecule has 0 unspecified atom stereocenters. The van der Waals surface area contributed by atoms with Crippen molar-refractivity contribution < 1.29 is 35.7 Å². The lowest BCUT2D eigenvalue weighted by Gasteiger charge is -2.32. The Morgan fingerprint density at radius 1 is 0.800 bits per heavy atom. The molecule has 1 fully saturated rings. The van der Waals surface area contributed by atoms with Gasteiger partial charge >= 0.3 is 19.5 Å². The molecular formula is C16H17BF6O2. The summed E-state index contributed by atoms with van der Waals surface area (Å²) in [6.07, 6.45) is -8.63. The fourth-order valence-corrected chi connectivity index (χ4v) is 2.23. The topological polar surface area (TPSA) is 18.5 Å². The molecule has 138 valence electrons. The molecule has 2 nitrogen and oxygen atoms in total. The third-order valence-electron chi connectivity index (χ3n) is 4.33. The van der Waals surface area contributed by atoms with Crippen LogP contribution in [-0.2, 0) is 21.7 Å². The van der Waals surface area contributed by atoms with Crippen LogP contribution in [0.2, 0.25) is 0 Å². The van der Waals surface area contributed by atoms with Gasteiger partial charge in [0, 0.05) is 0 Å². The van der Waals surface area contributed by atoms with E-state index < -0.39 is 41.8 Å². The highest BCUT2D eigenvalue weighted by molar-refractivity contribution is 6.52. The molecule has 2 rings (SSSR count). The lowest BCUT2D eigenvalue weighted by molar-refractivity contribution is -0.143. The SMILES string of the molecule is CC1(C)OB(C=Cc2cc(C(F)(F)F)cc(C(F)(F)F)c2)OC1(C)C. The molecule has 0 aromatic heterocycles. The Bertz CT molecular complexity index is 628. The van der Waals surface area contributed by atoms with Crippen molar-refractivity contribution >= 4 is 13.2 Å². The van der Waals surface area contributed by atoms with Crippen LogP contribution in [0.1, 0.15) is 44.4 Å². The molecule has 1 aliphatic rings. The van der Waals surface area contributed by atoms with E-state index in [0.717, 1.165) is 6.08 Å². The zero-order valence-corrected chi connectivity index (χ0v) is 14.0. The minimum Gasteiger partial charge on any atom is -0.400 e. The summed E-state index contributed by atoms with van der Waals surface area (Å²) < 4.78 is 88.3. The van der Waals surface area contributed by atoms with Gasteiger partial charge in [-0.3, -0.25) is 0 Å². The highest BCUT2D eigenvalue weighted by Gasteiger charge is 2.50. The first-order valence-corrected chi connectivity index (χ1v) is 7.45. The summed E-state index contributed by atoms with van der Waals surface area (Å²) in [5, 5.41) is 0. The summed E-state index contributed by atoms with van der Waals surface area (Å²) in [6.45, 7) is 7.14. The van der Waals surface area contributed by atoms with Crippen LogP contribution in [0.4, 0.5) is 26.3 Å². The van der Waals surface area contributed by atoms with Crippen LogP contribution in [-0.4, -0.2) is 18.3 Å². The summed E-state index contributed by atoms with van der Waals surface area (Å²) in [4.78, 5) is 0. The second-order valence-electron chi connectivity index (χ2n) is 6.82. The first-order chi connectivity index (χ1) is 11.1. The number of alkyl halides is 6. The van der Waals surface area contributed by atoms with E-state index >= 15 is 0 Å². The van der Waals surface area contributed by atoms with Crippen molar-refractivity contribution in [2.75, 3.05) is 0 Å². The predicted molar refractivity (Wildman–Crippen MR) is 81.6 cm³/mol. The average molecular weight is 366 g/mol. The van der Waals surface area contributed by atoms with Gasteiger partial charge in [-0.25, -0.2) is 0 Å². The third-order valence-corrected chi connectivity index (χ3v) is 4.33. The van der Waals surface area contributed by atoms with Crippen LogP contribution in [0.15, 0.2) is 24.2 Å². The fourth-order valence-electron chi connectivity index (χ4n) is 2.23. The van der Waals surface area contributed by atoms with Crippen LogP contribution in [0.5, 0.6) is 0 Å². The van der Waals surface area contributed by atoms with Crippen LogP contribution < -0.4 is 0 Å². The van der Waals surface area contributed by atoms with Gasteiger partial charge in [-0.1, -0.05) is 12.1 Å². The molecular weight excluding hydrogens is 349 g/mol. The fraction of sp³-hybridized carbons (Fsp3) is 0.500. The Morgan fingerprint density at radius 3 is 1.56 bits per heavy atom. The van der Waals surface area contributed by atoms with Gasteiger partial charge in [-0.2, -0.15) is 26.3 Å². The minimum absolute atomic E-state index is 0.0894. The molecule has 9 heteroatoms. The Balaban J connectivity index is 2.34. The van der Waals surface area contributed by atoms with Crippen LogP contribution in [0.25, 0.3) is 6.08 Å². The van der Waals surface area contributed by atoms with E-state index in [4.69, 9.17) is 9.31 Å². The number of benzene rings is 1. The van der Waals surface area contributed by atoms with Crippen molar-refractivity contribution in [3.05, 3.63) is 40.9 Å². The molecule has 1 aromatic carbocycles. The summed E-state index contributed by atoms with van der Waals surface area (Å²) in [6, 6.07) is 1.39. The Labute approximate surface area is 141 Å². The Kier molecular flexibility index (Phi) is 4.80. The van der Waals surface area contributed by atoms with Crippen molar-refractivity contribution in [3.8, 4) is 0 Å². The summed E-state index contributed by atoms with van der Waals surface area (Å²) >= 11 is 0. The molecule has 1 saturated heterocycles. The molecule has 1 aromatic rings. The normalized spacial score (nSPS) is 20.5. The first kappa shape index (κ1) is 19.8. The smallest absolute Gasteiger partial charge is 0.400 e. The van der Waals surface area contributed by atoms with Crippen LogP contribution in [0.3, 0.4) is 0 Å². The van der Waals surface area contributed by atoms with E-state index in [1.807, 2.05) is 0 Å². The van der Waals surface area contributed by atoms with Crippen LogP contribution in [0, 0.1) is 0 Å². The largest absolute Gasteiger partial charge is 0.487 e. The second-order valence-corrected chi connectivity index (χ2v) is 6.82. The molecule has 25 heavy (non-hydrogen) atoms. The van der Waals surface area contributed by atoms with Gasteiger partial charge in [-0.05, 0) is 51.5 Å². The third kappa shape index (κ3) is 4.38. The number of hydrogen-bond acceptors (Lipinski definition) is 2. The molecule has 0 radical (unpaired) electrons. The lowest BCUT2D eigenvalue weighted by Crippen LogP contribution is -2.41. The molecule has 1 heterocycles. The van der Waals surface area contributed by atoms with E-state index in [-0.39, 0.29) is 11.6 Å².